The number of hydrogen-bond acceptors (Lipinski definition) is 2. The molecule has 4 nitrogen and oxygen atoms in total. The average Bonchev–Trinajstić information content (AvgIpc) is 1.99. The van der Waals surface area contributed by atoms with E-state index in [1.165, 1.54) is 10.6 Å². The Hall–Kier alpha value is -1.32. The van der Waals surface area contributed by atoms with Crippen LogP contribution < -0.4 is 11.2 Å². The van der Waals surface area contributed by atoms with Gasteiger partial charge in [0.1, 0.15) is 0 Å². The van der Waals surface area contributed by atoms with Gasteiger partial charge in [-0.25, -0.2) is 4.79 Å². The Morgan fingerprint density at radius 2 is 1.93 bits per heavy atom. The van der Waals surface area contributed by atoms with Crippen LogP contribution in [-0.2, 0) is 12.0 Å². The maximum Gasteiger partial charge on any atom is 0.329 e. The van der Waals surface area contributed by atoms with E-state index in [-0.39, 0.29) is 11.2 Å². The maximum atomic E-state index is 11.7. The molecule has 1 N–H and O–H groups in total. The van der Waals surface area contributed by atoms with Crippen LogP contribution in [0.3, 0.4) is 0 Å². The van der Waals surface area contributed by atoms with Crippen molar-refractivity contribution in [2.24, 2.45) is 0 Å². The van der Waals surface area contributed by atoms with Crippen LogP contribution >= 0.6 is 0 Å². The van der Waals surface area contributed by atoms with E-state index in [2.05, 4.69) is 4.98 Å². The van der Waals surface area contributed by atoms with E-state index in [4.69, 9.17) is 0 Å². The zero-order chi connectivity index (χ0) is 11.6. The molecular formula is C11H18N2O2. The van der Waals surface area contributed by atoms with Gasteiger partial charge >= 0.3 is 5.69 Å². The van der Waals surface area contributed by atoms with Gasteiger partial charge in [0.2, 0.25) is 0 Å². The molecule has 0 saturated heterocycles. The van der Waals surface area contributed by atoms with E-state index in [0.29, 0.717) is 5.69 Å². The van der Waals surface area contributed by atoms with Crippen molar-refractivity contribution in [2.45, 2.75) is 46.1 Å². The molecule has 0 amide bonds. The van der Waals surface area contributed by atoms with Crippen LogP contribution in [0.1, 0.15) is 39.8 Å². The number of aromatic amines is 1. The molecule has 0 aromatic carbocycles. The molecule has 15 heavy (non-hydrogen) atoms. The lowest BCUT2D eigenvalue weighted by molar-refractivity contribution is 0.365. The number of aromatic nitrogens is 2. The summed E-state index contributed by atoms with van der Waals surface area (Å²) in [5.74, 6) is 0. The first-order valence-electron chi connectivity index (χ1n) is 5.22. The van der Waals surface area contributed by atoms with Gasteiger partial charge in [0, 0.05) is 17.3 Å². The summed E-state index contributed by atoms with van der Waals surface area (Å²) in [4.78, 5) is 26.1. The molecule has 0 spiro atoms. The molecule has 84 valence electrons. The summed E-state index contributed by atoms with van der Waals surface area (Å²) in [6.07, 6.45) is 1.64. The molecule has 0 aliphatic rings. The van der Waals surface area contributed by atoms with Crippen LogP contribution in [0.25, 0.3) is 0 Å². The fourth-order valence-electron chi connectivity index (χ4n) is 1.58. The number of aryl methyl sites for hydroxylation is 1. The molecular weight excluding hydrogens is 192 g/mol. The Kier molecular flexibility index (Phi) is 3.17. The first-order chi connectivity index (χ1) is 6.86. The number of rotatable bonds is 2. The summed E-state index contributed by atoms with van der Waals surface area (Å²) in [5.41, 5.74) is -0.309. The summed E-state index contributed by atoms with van der Waals surface area (Å²) in [6.45, 7) is 7.52. The van der Waals surface area contributed by atoms with Crippen LogP contribution in [-0.4, -0.2) is 9.55 Å². The second-order valence-corrected chi connectivity index (χ2v) is 4.69. The predicted octanol–water partition coefficient (Wildman–Crippen LogP) is 1.24. The second kappa shape index (κ2) is 4.04. The van der Waals surface area contributed by atoms with Gasteiger partial charge in [0.15, 0.2) is 0 Å². The Balaban J connectivity index is 3.35. The molecule has 0 bridgehead atoms. The molecule has 0 aliphatic heterocycles. The lowest BCUT2D eigenvalue weighted by atomic mass is 10.1. The van der Waals surface area contributed by atoms with Crippen molar-refractivity contribution in [2.75, 3.05) is 0 Å². The van der Waals surface area contributed by atoms with Gasteiger partial charge < -0.3 is 4.98 Å². The van der Waals surface area contributed by atoms with E-state index in [9.17, 15) is 9.59 Å². The fourth-order valence-corrected chi connectivity index (χ4v) is 1.58. The van der Waals surface area contributed by atoms with Gasteiger partial charge in [0.05, 0.1) is 0 Å². The van der Waals surface area contributed by atoms with E-state index in [0.717, 1.165) is 12.8 Å². The number of hydrogen-bond donors (Lipinski definition) is 1. The van der Waals surface area contributed by atoms with E-state index < -0.39 is 5.54 Å². The van der Waals surface area contributed by atoms with E-state index in [1.54, 1.807) is 0 Å². The standard InChI is InChI=1S/C11H18N2O2/c1-5-6-8-7-9(14)13(10(15)12-8)11(2,3)4/h7H,5-6H2,1-4H3,(H,12,15). The zero-order valence-corrected chi connectivity index (χ0v) is 9.76. The fraction of sp³-hybridized carbons (Fsp3) is 0.636. The SMILES string of the molecule is CCCc1cc(=O)n(C(C)(C)C)c(=O)[nH]1. The Morgan fingerprint density at radius 3 is 2.33 bits per heavy atom. The highest BCUT2D eigenvalue weighted by molar-refractivity contribution is 5.01. The van der Waals surface area contributed by atoms with Crippen molar-refractivity contribution in [1.82, 2.24) is 9.55 Å². The molecule has 4 heteroatoms. The minimum Gasteiger partial charge on any atom is -0.311 e. The average molecular weight is 210 g/mol. The molecule has 0 saturated carbocycles. The molecule has 0 atom stereocenters. The molecule has 1 aromatic heterocycles. The van der Waals surface area contributed by atoms with Gasteiger partial charge in [-0.1, -0.05) is 13.3 Å². The highest BCUT2D eigenvalue weighted by atomic mass is 16.2. The lowest BCUT2D eigenvalue weighted by Gasteiger charge is -2.20. The van der Waals surface area contributed by atoms with Gasteiger partial charge in [-0.2, -0.15) is 0 Å². The normalized spacial score (nSPS) is 11.7. The van der Waals surface area contributed by atoms with Crippen molar-refractivity contribution < 1.29 is 0 Å². The molecule has 0 radical (unpaired) electrons. The van der Waals surface area contributed by atoms with Gasteiger partial charge in [-0.15, -0.1) is 0 Å². The first-order valence-corrected chi connectivity index (χ1v) is 5.22. The lowest BCUT2D eigenvalue weighted by Crippen LogP contribution is -2.44. The molecule has 0 fully saturated rings. The zero-order valence-electron chi connectivity index (χ0n) is 9.76. The number of nitrogens with one attached hydrogen (secondary N) is 1. The van der Waals surface area contributed by atoms with E-state index in [1.807, 2.05) is 27.7 Å². The van der Waals surface area contributed by atoms with Crippen molar-refractivity contribution >= 4 is 0 Å². The summed E-state index contributed by atoms with van der Waals surface area (Å²) >= 11 is 0. The third-order valence-corrected chi connectivity index (χ3v) is 2.18. The smallest absolute Gasteiger partial charge is 0.311 e. The minimum absolute atomic E-state index is 0.227. The van der Waals surface area contributed by atoms with Crippen LogP contribution in [0.5, 0.6) is 0 Å². The molecule has 1 heterocycles. The van der Waals surface area contributed by atoms with Gasteiger partial charge in [0.25, 0.3) is 5.56 Å². The highest BCUT2D eigenvalue weighted by Gasteiger charge is 2.17. The van der Waals surface area contributed by atoms with Crippen LogP contribution in [0.2, 0.25) is 0 Å². The summed E-state index contributed by atoms with van der Waals surface area (Å²) in [7, 11) is 0. The third-order valence-electron chi connectivity index (χ3n) is 2.18. The molecule has 1 aromatic rings. The van der Waals surface area contributed by atoms with Crippen molar-refractivity contribution in [3.8, 4) is 0 Å². The topological polar surface area (TPSA) is 54.9 Å². The number of nitrogens with zero attached hydrogens (tertiary/aromatic N) is 1. The predicted molar refractivity (Wildman–Crippen MR) is 60.3 cm³/mol. The Labute approximate surface area is 89.0 Å². The summed E-state index contributed by atoms with van der Waals surface area (Å²) in [5, 5.41) is 0. The first kappa shape index (κ1) is 11.8. The van der Waals surface area contributed by atoms with Crippen LogP contribution in [0, 0.1) is 0 Å². The third kappa shape index (κ3) is 2.58. The summed E-state index contributed by atoms with van der Waals surface area (Å²) < 4.78 is 1.24. The molecule has 0 aliphatic carbocycles. The van der Waals surface area contributed by atoms with Crippen LogP contribution in [0.4, 0.5) is 0 Å². The van der Waals surface area contributed by atoms with Crippen molar-refractivity contribution in [3.63, 3.8) is 0 Å². The molecule has 1 rings (SSSR count). The monoisotopic (exact) mass is 210 g/mol. The minimum atomic E-state index is -0.477. The quantitative estimate of drug-likeness (QED) is 0.798. The Morgan fingerprint density at radius 1 is 1.33 bits per heavy atom. The molecule has 0 unspecified atom stereocenters. The largest absolute Gasteiger partial charge is 0.329 e. The maximum absolute atomic E-state index is 11.7. The Bertz CT molecular complexity index is 418. The highest BCUT2D eigenvalue weighted by Crippen LogP contribution is 2.07. The second-order valence-electron chi connectivity index (χ2n) is 4.69. The van der Waals surface area contributed by atoms with Crippen molar-refractivity contribution in [3.05, 3.63) is 32.6 Å². The number of H-pyrrole nitrogens is 1. The van der Waals surface area contributed by atoms with Crippen LogP contribution in [0.15, 0.2) is 15.7 Å². The van der Waals surface area contributed by atoms with Gasteiger partial charge in [-0.3, -0.25) is 9.36 Å². The van der Waals surface area contributed by atoms with Gasteiger partial charge in [-0.05, 0) is 27.2 Å². The van der Waals surface area contributed by atoms with Crippen molar-refractivity contribution in [1.29, 1.82) is 0 Å². The summed E-state index contributed by atoms with van der Waals surface area (Å²) in [6, 6.07) is 1.51. The van der Waals surface area contributed by atoms with E-state index >= 15 is 0 Å².